The number of sulfone groups is 1. The standard InChI is InChI=1S/C28H31ClN4O4S/c1-27(2)14-20(15-28(3,4)38(27,35)36)33-26(34)18-9-10-25(23(29)13-18)37-24-8-6-7-21(22(24)16-31)19(11-12-30)17-32-5/h6-13,17,20H,5,14-15,30H2,1-4H3,(H,33,34)/b12-11-,19-17+. The lowest BCUT2D eigenvalue weighted by Gasteiger charge is -2.44. The summed E-state index contributed by atoms with van der Waals surface area (Å²) < 4.78 is 29.8. The van der Waals surface area contributed by atoms with Crippen LogP contribution in [0.1, 0.15) is 62.0 Å². The van der Waals surface area contributed by atoms with E-state index in [0.717, 1.165) is 0 Å². The fourth-order valence-corrected chi connectivity index (χ4v) is 7.37. The minimum Gasteiger partial charge on any atom is -0.454 e. The minimum absolute atomic E-state index is 0.171. The number of nitriles is 1. The highest BCUT2D eigenvalue weighted by molar-refractivity contribution is 7.94. The number of carbonyl (C=O) groups is 1. The highest BCUT2D eigenvalue weighted by Crippen LogP contribution is 2.41. The Morgan fingerprint density at radius 3 is 2.42 bits per heavy atom. The molecular formula is C28H31ClN4O4S. The quantitative estimate of drug-likeness (QED) is 0.348. The third-order valence-electron chi connectivity index (χ3n) is 6.64. The molecule has 1 aliphatic heterocycles. The van der Waals surface area contributed by atoms with E-state index in [1.807, 2.05) is 0 Å². The largest absolute Gasteiger partial charge is 0.454 e. The van der Waals surface area contributed by atoms with Gasteiger partial charge in [0.1, 0.15) is 23.1 Å². The van der Waals surface area contributed by atoms with Crippen molar-refractivity contribution in [2.24, 2.45) is 10.7 Å². The van der Waals surface area contributed by atoms with Crippen molar-refractivity contribution in [3.05, 3.63) is 76.6 Å². The molecule has 2 aromatic carbocycles. The zero-order chi connectivity index (χ0) is 28.3. The number of aliphatic imine (C=N–C) groups is 1. The maximum absolute atomic E-state index is 13.0. The second-order valence-electron chi connectivity index (χ2n) is 10.3. The van der Waals surface area contributed by atoms with Crippen LogP contribution >= 0.6 is 11.6 Å². The normalized spacial score (nSPS) is 18.5. The molecule has 0 saturated carbocycles. The number of nitrogens with zero attached hydrogens (tertiary/aromatic N) is 2. The first kappa shape index (κ1) is 29.0. The van der Waals surface area contributed by atoms with Crippen LogP contribution in [0.2, 0.25) is 5.02 Å². The van der Waals surface area contributed by atoms with Crippen LogP contribution in [0.5, 0.6) is 11.5 Å². The number of hydrogen-bond donors (Lipinski definition) is 2. The number of hydrogen-bond acceptors (Lipinski definition) is 7. The van der Waals surface area contributed by atoms with E-state index in [4.69, 9.17) is 22.1 Å². The van der Waals surface area contributed by atoms with Gasteiger partial charge in [0.15, 0.2) is 9.84 Å². The van der Waals surface area contributed by atoms with Gasteiger partial charge >= 0.3 is 0 Å². The highest BCUT2D eigenvalue weighted by Gasteiger charge is 2.52. The first-order valence-electron chi connectivity index (χ1n) is 11.9. The van der Waals surface area contributed by atoms with Crippen molar-refractivity contribution in [2.75, 3.05) is 0 Å². The van der Waals surface area contributed by atoms with Crippen LogP contribution < -0.4 is 15.8 Å². The molecule has 1 saturated heterocycles. The molecule has 0 bridgehead atoms. The van der Waals surface area contributed by atoms with E-state index in [2.05, 4.69) is 23.1 Å². The van der Waals surface area contributed by atoms with E-state index in [9.17, 15) is 18.5 Å². The van der Waals surface area contributed by atoms with E-state index < -0.39 is 19.3 Å². The fraction of sp³-hybridized carbons (Fsp3) is 0.321. The highest BCUT2D eigenvalue weighted by atomic mass is 35.5. The number of halogens is 1. The molecule has 3 rings (SSSR count). The Kier molecular flexibility index (Phi) is 8.39. The van der Waals surface area contributed by atoms with Crippen LogP contribution in [0.4, 0.5) is 0 Å². The van der Waals surface area contributed by atoms with Gasteiger partial charge in [-0.2, -0.15) is 5.26 Å². The van der Waals surface area contributed by atoms with Crippen LogP contribution in [0.25, 0.3) is 5.57 Å². The Labute approximate surface area is 228 Å². The third kappa shape index (κ3) is 5.62. The maximum Gasteiger partial charge on any atom is 0.251 e. The molecule has 1 heterocycles. The molecule has 0 atom stereocenters. The van der Waals surface area contributed by atoms with Gasteiger partial charge in [0.05, 0.1) is 14.5 Å². The van der Waals surface area contributed by atoms with Gasteiger partial charge in [-0.25, -0.2) is 8.42 Å². The summed E-state index contributed by atoms with van der Waals surface area (Å²) in [5.74, 6) is 0.149. The lowest BCUT2D eigenvalue weighted by molar-refractivity contribution is 0.0925. The number of allylic oxidation sites excluding steroid dienone is 2. The molecular weight excluding hydrogens is 524 g/mol. The Bertz CT molecular complexity index is 1450. The van der Waals surface area contributed by atoms with Crippen LogP contribution in [-0.4, -0.2) is 36.6 Å². The lowest BCUT2D eigenvalue weighted by atomic mass is 9.93. The summed E-state index contributed by atoms with van der Waals surface area (Å²) >= 11 is 6.46. The molecule has 1 fully saturated rings. The second kappa shape index (κ2) is 11.0. The zero-order valence-corrected chi connectivity index (χ0v) is 23.4. The average Bonchev–Trinajstić information content (AvgIpc) is 2.83. The van der Waals surface area contributed by atoms with Crippen molar-refractivity contribution in [2.45, 2.75) is 56.1 Å². The number of nitrogens with one attached hydrogen (secondary N) is 1. The van der Waals surface area contributed by atoms with E-state index >= 15 is 0 Å². The molecule has 8 nitrogen and oxygen atoms in total. The van der Waals surface area contributed by atoms with Crippen LogP contribution in [0.15, 0.2) is 59.9 Å². The van der Waals surface area contributed by atoms with Gasteiger partial charge in [-0.05, 0) is 83.8 Å². The SMILES string of the molecule is C=N/C=C(\C=C/N)c1cccc(Oc2ccc(C(=O)NC3CC(C)(C)S(=O)(=O)C(C)(C)C3)cc2Cl)c1C#N. The van der Waals surface area contributed by atoms with Gasteiger partial charge in [-0.3, -0.25) is 9.79 Å². The molecule has 0 aliphatic carbocycles. The van der Waals surface area contributed by atoms with Crippen LogP contribution in [-0.2, 0) is 9.84 Å². The summed E-state index contributed by atoms with van der Waals surface area (Å²) in [5, 5.41) is 13.0. The predicted molar refractivity (Wildman–Crippen MR) is 151 cm³/mol. The molecule has 0 aromatic heterocycles. The number of nitrogens with two attached hydrogens (primary N) is 1. The molecule has 3 N–H and O–H groups in total. The molecule has 0 radical (unpaired) electrons. The molecule has 0 unspecified atom stereocenters. The van der Waals surface area contributed by atoms with Gasteiger partial charge in [0, 0.05) is 28.9 Å². The van der Waals surface area contributed by atoms with Gasteiger partial charge in [0.25, 0.3) is 5.91 Å². The van der Waals surface area contributed by atoms with E-state index in [0.29, 0.717) is 29.5 Å². The van der Waals surface area contributed by atoms with Gasteiger partial charge < -0.3 is 15.8 Å². The van der Waals surface area contributed by atoms with E-state index in [1.165, 1.54) is 18.5 Å². The average molecular weight is 555 g/mol. The van der Waals surface area contributed by atoms with Crippen molar-refractivity contribution in [3.63, 3.8) is 0 Å². The Morgan fingerprint density at radius 1 is 1.21 bits per heavy atom. The summed E-state index contributed by atoms with van der Waals surface area (Å²) in [6.07, 6.45) is 5.03. The number of rotatable bonds is 7. The van der Waals surface area contributed by atoms with E-state index in [-0.39, 0.29) is 34.0 Å². The molecule has 2 aromatic rings. The first-order valence-corrected chi connectivity index (χ1v) is 13.7. The van der Waals surface area contributed by atoms with Crippen molar-refractivity contribution >= 4 is 39.6 Å². The molecule has 0 spiro atoms. The summed E-state index contributed by atoms with van der Waals surface area (Å²) in [6.45, 7) is 10.2. The van der Waals surface area contributed by atoms with E-state index in [1.54, 1.807) is 64.1 Å². The number of ether oxygens (including phenoxy) is 1. The molecule has 38 heavy (non-hydrogen) atoms. The lowest BCUT2D eigenvalue weighted by Crippen LogP contribution is -2.57. The topological polar surface area (TPSA) is 135 Å². The molecule has 200 valence electrons. The van der Waals surface area contributed by atoms with Crippen molar-refractivity contribution in [3.8, 4) is 17.6 Å². The number of carbonyl (C=O) groups excluding carboxylic acids is 1. The molecule has 1 amide bonds. The fourth-order valence-electron chi connectivity index (χ4n) is 4.82. The first-order chi connectivity index (χ1) is 17.8. The Balaban J connectivity index is 1.84. The van der Waals surface area contributed by atoms with Crippen LogP contribution in [0.3, 0.4) is 0 Å². The van der Waals surface area contributed by atoms with Crippen molar-refractivity contribution in [1.82, 2.24) is 5.32 Å². The molecule has 1 aliphatic rings. The van der Waals surface area contributed by atoms with Gasteiger partial charge in [0.2, 0.25) is 0 Å². The van der Waals surface area contributed by atoms with Gasteiger partial charge in [-0.15, -0.1) is 0 Å². The Hall–Kier alpha value is -3.61. The second-order valence-corrected chi connectivity index (χ2v) is 13.9. The van der Waals surface area contributed by atoms with Crippen molar-refractivity contribution < 1.29 is 17.9 Å². The van der Waals surface area contributed by atoms with Crippen molar-refractivity contribution in [1.29, 1.82) is 5.26 Å². The van der Waals surface area contributed by atoms with Gasteiger partial charge in [-0.1, -0.05) is 23.7 Å². The maximum atomic E-state index is 13.0. The summed E-state index contributed by atoms with van der Waals surface area (Å²) in [5.41, 5.74) is 7.20. The molecule has 10 heteroatoms. The smallest absolute Gasteiger partial charge is 0.251 e. The van der Waals surface area contributed by atoms with Crippen LogP contribution in [0, 0.1) is 11.3 Å². The zero-order valence-electron chi connectivity index (χ0n) is 21.8. The summed E-state index contributed by atoms with van der Waals surface area (Å²) in [4.78, 5) is 16.8. The Morgan fingerprint density at radius 2 is 1.87 bits per heavy atom. The summed E-state index contributed by atoms with van der Waals surface area (Å²) in [7, 11) is -3.37. The monoisotopic (exact) mass is 554 g/mol. The predicted octanol–water partition coefficient (Wildman–Crippen LogP) is 5.38. The number of benzene rings is 2. The number of amides is 1. The summed E-state index contributed by atoms with van der Waals surface area (Å²) in [6, 6.07) is 11.5. The minimum atomic E-state index is -3.37. The third-order valence-corrected chi connectivity index (χ3v) is 10.2.